The third kappa shape index (κ3) is 5.19. The van der Waals surface area contributed by atoms with Gasteiger partial charge in [0, 0.05) is 18.1 Å². The van der Waals surface area contributed by atoms with Gasteiger partial charge in [-0.3, -0.25) is 0 Å². The van der Waals surface area contributed by atoms with E-state index < -0.39 is 11.2 Å². The zero-order valence-electron chi connectivity index (χ0n) is 16.9. The lowest BCUT2D eigenvalue weighted by Gasteiger charge is -2.23. The van der Waals surface area contributed by atoms with Gasteiger partial charge in [-0.25, -0.2) is 10.1 Å². The second kappa shape index (κ2) is 9.69. The summed E-state index contributed by atoms with van der Waals surface area (Å²) in [4.78, 5) is 16.4. The maximum Gasteiger partial charge on any atom is 0.336 e. The molecule has 27 heavy (non-hydrogen) atoms. The van der Waals surface area contributed by atoms with Crippen LogP contribution in [0.25, 0.3) is 17.0 Å². The molecular formula is C21H30O6. The fourth-order valence-electron chi connectivity index (χ4n) is 2.62. The SMILES string of the molecule is CC.Cc1cc(OO)c(/C=C/C(C)(O)C(C)C)c2oc(=O)cc(CCO)c12. The molecular weight excluding hydrogens is 348 g/mol. The summed E-state index contributed by atoms with van der Waals surface area (Å²) >= 11 is 0. The molecule has 1 aromatic heterocycles. The molecule has 1 atom stereocenters. The van der Waals surface area contributed by atoms with Gasteiger partial charge in [0.2, 0.25) is 0 Å². The normalized spacial score (nSPS) is 13.6. The van der Waals surface area contributed by atoms with Crippen LogP contribution in [0.5, 0.6) is 5.75 Å². The van der Waals surface area contributed by atoms with Crippen molar-refractivity contribution in [3.05, 3.63) is 45.3 Å². The van der Waals surface area contributed by atoms with Crippen molar-refractivity contribution in [3.8, 4) is 5.75 Å². The Bertz CT molecular complexity index is 846. The summed E-state index contributed by atoms with van der Waals surface area (Å²) in [6.07, 6.45) is 3.44. The van der Waals surface area contributed by atoms with Crippen LogP contribution < -0.4 is 10.5 Å². The van der Waals surface area contributed by atoms with Gasteiger partial charge >= 0.3 is 5.63 Å². The number of rotatable bonds is 6. The topological polar surface area (TPSA) is 100 Å². The highest BCUT2D eigenvalue weighted by atomic mass is 17.1. The molecule has 1 aromatic carbocycles. The predicted octanol–water partition coefficient (Wildman–Crippen LogP) is 3.93. The van der Waals surface area contributed by atoms with Gasteiger partial charge in [0.25, 0.3) is 0 Å². The lowest BCUT2D eigenvalue weighted by Crippen LogP contribution is -2.27. The Kier molecular flexibility index (Phi) is 8.21. The molecule has 150 valence electrons. The summed E-state index contributed by atoms with van der Waals surface area (Å²) in [6.45, 7) is 11.1. The third-order valence-electron chi connectivity index (χ3n) is 4.53. The first-order valence-corrected chi connectivity index (χ1v) is 9.15. The molecule has 0 bridgehead atoms. The zero-order valence-corrected chi connectivity index (χ0v) is 16.9. The zero-order chi connectivity index (χ0) is 20.8. The fourth-order valence-corrected chi connectivity index (χ4v) is 2.62. The van der Waals surface area contributed by atoms with E-state index in [1.54, 1.807) is 32.1 Å². The average Bonchev–Trinajstić information content (AvgIpc) is 2.61. The molecule has 2 rings (SSSR count). The van der Waals surface area contributed by atoms with Gasteiger partial charge in [0.1, 0.15) is 5.58 Å². The van der Waals surface area contributed by atoms with E-state index in [2.05, 4.69) is 4.89 Å². The van der Waals surface area contributed by atoms with Gasteiger partial charge < -0.3 is 19.5 Å². The van der Waals surface area contributed by atoms with Gasteiger partial charge in [-0.1, -0.05) is 33.8 Å². The van der Waals surface area contributed by atoms with Gasteiger partial charge in [0.15, 0.2) is 5.75 Å². The summed E-state index contributed by atoms with van der Waals surface area (Å²) in [5.41, 5.74) is 0.333. The summed E-state index contributed by atoms with van der Waals surface area (Å²) in [6, 6.07) is 2.97. The average molecular weight is 378 g/mol. The van der Waals surface area contributed by atoms with Crippen LogP contribution in [0.2, 0.25) is 0 Å². The van der Waals surface area contributed by atoms with E-state index in [1.165, 1.54) is 6.07 Å². The maximum atomic E-state index is 11.9. The molecule has 0 saturated carbocycles. The van der Waals surface area contributed by atoms with Crippen LogP contribution >= 0.6 is 0 Å². The molecule has 1 heterocycles. The standard InChI is InChI=1S/C19H24O6.C2H6/c1-11(2)19(4,22)7-5-14-15(25-23)9-12(3)17-13(6-8-20)10-16(21)24-18(14)17;1-2/h5,7,9-11,20,22-23H,6,8H2,1-4H3;1-2H3/b7-5+;. The Morgan fingerprint density at radius 3 is 2.44 bits per heavy atom. The Morgan fingerprint density at radius 1 is 1.30 bits per heavy atom. The number of fused-ring (bicyclic) bond motifs is 1. The van der Waals surface area contributed by atoms with Crippen LogP contribution in [0.1, 0.15) is 51.3 Å². The van der Waals surface area contributed by atoms with E-state index in [-0.39, 0.29) is 23.9 Å². The van der Waals surface area contributed by atoms with Crippen LogP contribution in [0, 0.1) is 12.8 Å². The minimum atomic E-state index is -1.09. The minimum absolute atomic E-state index is 0.0454. The highest BCUT2D eigenvalue weighted by Crippen LogP contribution is 2.34. The number of aliphatic hydroxyl groups excluding tert-OH is 1. The molecule has 0 aliphatic rings. The van der Waals surface area contributed by atoms with Crippen molar-refractivity contribution in [1.82, 2.24) is 0 Å². The fraction of sp³-hybridized carbons (Fsp3) is 0.476. The van der Waals surface area contributed by atoms with Gasteiger partial charge in [0.05, 0.1) is 11.2 Å². The van der Waals surface area contributed by atoms with E-state index in [9.17, 15) is 20.3 Å². The van der Waals surface area contributed by atoms with E-state index in [0.717, 1.165) is 5.56 Å². The Hall–Kier alpha value is -2.15. The summed E-state index contributed by atoms with van der Waals surface area (Å²) < 4.78 is 5.37. The second-order valence-corrected chi connectivity index (χ2v) is 6.68. The van der Waals surface area contributed by atoms with Crippen LogP contribution in [-0.2, 0) is 6.42 Å². The Balaban J connectivity index is 0.00000176. The molecule has 0 aliphatic carbocycles. The largest absolute Gasteiger partial charge is 0.422 e. The van der Waals surface area contributed by atoms with Crippen LogP contribution in [0.15, 0.2) is 27.4 Å². The lowest BCUT2D eigenvalue weighted by atomic mass is 9.91. The number of aliphatic hydroxyl groups is 2. The molecule has 0 fully saturated rings. The Labute approximate surface area is 159 Å². The van der Waals surface area contributed by atoms with Crippen molar-refractivity contribution in [2.45, 2.75) is 53.6 Å². The highest BCUT2D eigenvalue weighted by molar-refractivity contribution is 5.93. The van der Waals surface area contributed by atoms with Crippen molar-refractivity contribution >= 4 is 17.0 Å². The molecule has 0 aliphatic heterocycles. The van der Waals surface area contributed by atoms with E-state index in [1.807, 2.05) is 27.7 Å². The summed E-state index contributed by atoms with van der Waals surface area (Å²) in [5, 5.41) is 29.6. The molecule has 3 N–H and O–H groups in total. The second-order valence-electron chi connectivity index (χ2n) is 6.68. The molecule has 6 nitrogen and oxygen atoms in total. The Morgan fingerprint density at radius 2 is 1.93 bits per heavy atom. The first kappa shape index (κ1) is 22.9. The van der Waals surface area contributed by atoms with E-state index in [0.29, 0.717) is 22.9 Å². The van der Waals surface area contributed by atoms with Crippen LogP contribution in [0.4, 0.5) is 0 Å². The first-order valence-electron chi connectivity index (χ1n) is 9.15. The quantitative estimate of drug-likeness (QED) is 0.400. The summed E-state index contributed by atoms with van der Waals surface area (Å²) in [7, 11) is 0. The van der Waals surface area contributed by atoms with Crippen LogP contribution in [0.3, 0.4) is 0 Å². The number of aryl methyl sites for hydroxylation is 1. The third-order valence-corrected chi connectivity index (χ3v) is 4.53. The van der Waals surface area contributed by atoms with Crippen molar-refractivity contribution < 1.29 is 24.8 Å². The molecule has 6 heteroatoms. The van der Waals surface area contributed by atoms with Gasteiger partial charge in [-0.2, -0.15) is 0 Å². The van der Waals surface area contributed by atoms with Crippen molar-refractivity contribution in [3.63, 3.8) is 0 Å². The smallest absolute Gasteiger partial charge is 0.336 e. The lowest BCUT2D eigenvalue weighted by molar-refractivity contribution is -0.137. The van der Waals surface area contributed by atoms with Crippen LogP contribution in [-0.4, -0.2) is 27.7 Å². The number of benzene rings is 1. The molecule has 2 aromatic rings. The van der Waals surface area contributed by atoms with Crippen molar-refractivity contribution in [2.24, 2.45) is 5.92 Å². The molecule has 0 spiro atoms. The maximum absolute atomic E-state index is 11.9. The predicted molar refractivity (Wildman–Crippen MR) is 107 cm³/mol. The van der Waals surface area contributed by atoms with E-state index in [4.69, 9.17) is 4.42 Å². The summed E-state index contributed by atoms with van der Waals surface area (Å²) in [5.74, 6) is 0.0704. The highest BCUT2D eigenvalue weighted by Gasteiger charge is 2.22. The number of hydrogen-bond donors (Lipinski definition) is 3. The molecule has 0 amide bonds. The monoisotopic (exact) mass is 378 g/mol. The van der Waals surface area contributed by atoms with Crippen molar-refractivity contribution in [1.29, 1.82) is 0 Å². The molecule has 0 radical (unpaired) electrons. The minimum Gasteiger partial charge on any atom is -0.422 e. The molecule has 0 saturated heterocycles. The van der Waals surface area contributed by atoms with Gasteiger partial charge in [-0.15, -0.1) is 0 Å². The van der Waals surface area contributed by atoms with Gasteiger partial charge in [-0.05, 0) is 49.5 Å². The number of hydrogen-bond acceptors (Lipinski definition) is 6. The van der Waals surface area contributed by atoms with Crippen molar-refractivity contribution in [2.75, 3.05) is 6.61 Å². The first-order chi connectivity index (χ1) is 12.7. The van der Waals surface area contributed by atoms with E-state index >= 15 is 0 Å². The molecule has 1 unspecified atom stereocenters.